The number of hydrogen-bond acceptors (Lipinski definition) is 3. The second-order valence-corrected chi connectivity index (χ2v) is 5.27. The van der Waals surface area contributed by atoms with Crippen molar-refractivity contribution in [2.45, 2.75) is 25.3 Å². The molecule has 1 aromatic carbocycles. The molecule has 20 heavy (non-hydrogen) atoms. The Bertz CT molecular complexity index is 404. The van der Waals surface area contributed by atoms with Gasteiger partial charge in [0.25, 0.3) is 0 Å². The number of amides is 1. The average Bonchev–Trinajstić information content (AvgIpc) is 3.29. The van der Waals surface area contributed by atoms with Gasteiger partial charge in [0.05, 0.1) is 6.61 Å². The molecule has 2 rings (SSSR count). The molecular weight excluding hydrogens is 252 g/mol. The van der Waals surface area contributed by atoms with Crippen molar-refractivity contribution in [3.8, 4) is 0 Å². The normalized spacial score (nSPS) is 15.8. The zero-order chi connectivity index (χ0) is 14.2. The van der Waals surface area contributed by atoms with Crippen LogP contribution in [0.2, 0.25) is 0 Å². The summed E-state index contributed by atoms with van der Waals surface area (Å²) in [7, 11) is 1.63. The first-order chi connectivity index (χ1) is 9.81. The van der Waals surface area contributed by atoms with E-state index in [9.17, 15) is 4.79 Å². The minimum Gasteiger partial charge on any atom is -0.383 e. The van der Waals surface area contributed by atoms with Gasteiger partial charge in [0.2, 0.25) is 5.91 Å². The lowest BCUT2D eigenvalue weighted by molar-refractivity contribution is -0.121. The van der Waals surface area contributed by atoms with E-state index in [1.54, 1.807) is 7.11 Å². The molecule has 0 aromatic heterocycles. The Morgan fingerprint density at radius 2 is 2.05 bits per heavy atom. The first kappa shape index (κ1) is 15.0. The zero-order valence-electron chi connectivity index (χ0n) is 12.1. The molecule has 0 spiro atoms. The minimum atomic E-state index is 0.0807. The standard InChI is InChI=1S/C16H24N2O2/c1-20-12-11-17-15(19)9-10-18-16(14-7-8-14)13-5-3-2-4-6-13/h2-6,14,16,18H,7-12H2,1H3,(H,17,19). The summed E-state index contributed by atoms with van der Waals surface area (Å²) in [5.41, 5.74) is 1.33. The van der Waals surface area contributed by atoms with Crippen molar-refractivity contribution >= 4 is 5.91 Å². The molecule has 4 heteroatoms. The SMILES string of the molecule is COCCNC(=O)CCNC(c1ccccc1)C1CC1. The fourth-order valence-corrected chi connectivity index (χ4v) is 2.37. The summed E-state index contributed by atoms with van der Waals surface area (Å²) in [6.07, 6.45) is 3.08. The second kappa shape index (κ2) is 8.02. The number of rotatable bonds is 9. The predicted octanol–water partition coefficient (Wildman–Crippen LogP) is 1.88. The van der Waals surface area contributed by atoms with Crippen LogP contribution in [0.3, 0.4) is 0 Å². The van der Waals surface area contributed by atoms with Gasteiger partial charge in [-0.25, -0.2) is 0 Å². The molecular formula is C16H24N2O2. The Morgan fingerprint density at radius 3 is 2.70 bits per heavy atom. The molecule has 0 saturated heterocycles. The van der Waals surface area contributed by atoms with Gasteiger partial charge in [0, 0.05) is 32.7 Å². The van der Waals surface area contributed by atoms with Gasteiger partial charge in [-0.3, -0.25) is 4.79 Å². The van der Waals surface area contributed by atoms with Gasteiger partial charge in [-0.05, 0) is 24.3 Å². The van der Waals surface area contributed by atoms with Crippen molar-refractivity contribution in [2.24, 2.45) is 5.92 Å². The lowest BCUT2D eigenvalue weighted by atomic mass is 10.0. The molecule has 1 unspecified atom stereocenters. The molecule has 1 fully saturated rings. The highest BCUT2D eigenvalue weighted by atomic mass is 16.5. The van der Waals surface area contributed by atoms with Crippen molar-refractivity contribution in [2.75, 3.05) is 26.8 Å². The Morgan fingerprint density at radius 1 is 1.30 bits per heavy atom. The molecule has 1 aliphatic rings. The second-order valence-electron chi connectivity index (χ2n) is 5.27. The molecule has 4 nitrogen and oxygen atoms in total. The predicted molar refractivity (Wildman–Crippen MR) is 79.4 cm³/mol. The van der Waals surface area contributed by atoms with Crippen LogP contribution in [0.5, 0.6) is 0 Å². The highest BCUT2D eigenvalue weighted by Gasteiger charge is 2.31. The van der Waals surface area contributed by atoms with Gasteiger partial charge in [0.1, 0.15) is 0 Å². The quantitative estimate of drug-likeness (QED) is 0.677. The summed E-state index contributed by atoms with van der Waals surface area (Å²) in [6, 6.07) is 10.9. The number of benzene rings is 1. The van der Waals surface area contributed by atoms with E-state index in [0.717, 1.165) is 12.5 Å². The Kier molecular flexibility index (Phi) is 6.02. The molecule has 1 atom stereocenters. The summed E-state index contributed by atoms with van der Waals surface area (Å²) in [5, 5.41) is 6.37. The molecule has 0 aliphatic heterocycles. The smallest absolute Gasteiger partial charge is 0.221 e. The van der Waals surface area contributed by atoms with Crippen LogP contribution in [0.1, 0.15) is 30.9 Å². The number of carbonyl (C=O) groups excluding carboxylic acids is 1. The molecule has 2 N–H and O–H groups in total. The van der Waals surface area contributed by atoms with Crippen molar-refractivity contribution in [3.63, 3.8) is 0 Å². The number of hydrogen-bond donors (Lipinski definition) is 2. The van der Waals surface area contributed by atoms with Gasteiger partial charge < -0.3 is 15.4 Å². The lowest BCUT2D eigenvalue weighted by Crippen LogP contribution is -2.31. The van der Waals surface area contributed by atoms with Crippen molar-refractivity contribution in [1.82, 2.24) is 10.6 Å². The van der Waals surface area contributed by atoms with E-state index >= 15 is 0 Å². The van der Waals surface area contributed by atoms with Crippen LogP contribution in [0.4, 0.5) is 0 Å². The van der Waals surface area contributed by atoms with E-state index in [4.69, 9.17) is 4.74 Å². The molecule has 1 saturated carbocycles. The first-order valence-electron chi connectivity index (χ1n) is 7.35. The molecule has 0 bridgehead atoms. The van der Waals surface area contributed by atoms with Crippen LogP contribution < -0.4 is 10.6 Å². The highest BCUT2D eigenvalue weighted by Crippen LogP contribution is 2.40. The molecule has 1 aromatic rings. The van der Waals surface area contributed by atoms with E-state index in [0.29, 0.717) is 25.6 Å². The van der Waals surface area contributed by atoms with Crippen LogP contribution in [0.15, 0.2) is 30.3 Å². The lowest BCUT2D eigenvalue weighted by Gasteiger charge is -2.18. The van der Waals surface area contributed by atoms with Crippen LogP contribution in [-0.4, -0.2) is 32.7 Å². The van der Waals surface area contributed by atoms with Crippen LogP contribution in [0, 0.1) is 5.92 Å². The van der Waals surface area contributed by atoms with Crippen molar-refractivity contribution in [3.05, 3.63) is 35.9 Å². The van der Waals surface area contributed by atoms with E-state index in [2.05, 4.69) is 34.9 Å². The van der Waals surface area contributed by atoms with Gasteiger partial charge >= 0.3 is 0 Å². The molecule has 1 amide bonds. The minimum absolute atomic E-state index is 0.0807. The molecule has 110 valence electrons. The largest absolute Gasteiger partial charge is 0.383 e. The third-order valence-corrected chi connectivity index (χ3v) is 3.60. The number of nitrogens with one attached hydrogen (secondary N) is 2. The summed E-state index contributed by atoms with van der Waals surface area (Å²) in [4.78, 5) is 11.6. The van der Waals surface area contributed by atoms with Crippen molar-refractivity contribution < 1.29 is 9.53 Å². The highest BCUT2D eigenvalue weighted by molar-refractivity contribution is 5.76. The molecule has 0 radical (unpaired) electrons. The summed E-state index contributed by atoms with van der Waals surface area (Å²) in [5.74, 6) is 0.811. The third kappa shape index (κ3) is 4.94. The fourth-order valence-electron chi connectivity index (χ4n) is 2.37. The topological polar surface area (TPSA) is 50.4 Å². The maximum atomic E-state index is 11.6. The number of carbonyl (C=O) groups is 1. The number of ether oxygens (including phenoxy) is 1. The monoisotopic (exact) mass is 276 g/mol. The molecule has 0 heterocycles. The van der Waals surface area contributed by atoms with E-state index < -0.39 is 0 Å². The van der Waals surface area contributed by atoms with Gasteiger partial charge in [-0.15, -0.1) is 0 Å². The number of methoxy groups -OCH3 is 1. The van der Waals surface area contributed by atoms with Gasteiger partial charge in [-0.1, -0.05) is 30.3 Å². The summed E-state index contributed by atoms with van der Waals surface area (Å²) >= 11 is 0. The van der Waals surface area contributed by atoms with Gasteiger partial charge in [0.15, 0.2) is 0 Å². The molecule has 1 aliphatic carbocycles. The first-order valence-corrected chi connectivity index (χ1v) is 7.35. The Labute approximate surface area is 120 Å². The van der Waals surface area contributed by atoms with Crippen molar-refractivity contribution in [1.29, 1.82) is 0 Å². The fraction of sp³-hybridized carbons (Fsp3) is 0.562. The summed E-state index contributed by atoms with van der Waals surface area (Å²) in [6.45, 7) is 1.86. The maximum absolute atomic E-state index is 11.6. The van der Waals surface area contributed by atoms with Crippen LogP contribution >= 0.6 is 0 Å². The Balaban J connectivity index is 1.72. The van der Waals surface area contributed by atoms with E-state index in [1.165, 1.54) is 18.4 Å². The third-order valence-electron chi connectivity index (χ3n) is 3.60. The van der Waals surface area contributed by atoms with E-state index in [-0.39, 0.29) is 5.91 Å². The van der Waals surface area contributed by atoms with Gasteiger partial charge in [-0.2, -0.15) is 0 Å². The maximum Gasteiger partial charge on any atom is 0.221 e. The van der Waals surface area contributed by atoms with E-state index in [1.807, 2.05) is 6.07 Å². The van der Waals surface area contributed by atoms with Crippen LogP contribution in [-0.2, 0) is 9.53 Å². The van der Waals surface area contributed by atoms with Crippen LogP contribution in [0.25, 0.3) is 0 Å². The Hall–Kier alpha value is -1.39. The zero-order valence-corrected chi connectivity index (χ0v) is 12.1. The average molecular weight is 276 g/mol. The summed E-state index contributed by atoms with van der Waals surface area (Å²) < 4.78 is 4.90.